The molecule has 0 bridgehead atoms. The summed E-state index contributed by atoms with van der Waals surface area (Å²) in [4.78, 5) is 18.5. The average Bonchev–Trinajstić information content (AvgIpc) is 3.28. The Morgan fingerprint density at radius 2 is 1.45 bits per heavy atom. The van der Waals surface area contributed by atoms with Crippen LogP contribution >= 0.6 is 0 Å². The Morgan fingerprint density at radius 1 is 0.939 bits per heavy atom. The molecule has 0 aliphatic heterocycles. The van der Waals surface area contributed by atoms with E-state index in [0.29, 0.717) is 19.3 Å². The molecule has 3 aromatic rings. The Kier molecular flexibility index (Phi) is 6.75. The quantitative estimate of drug-likeness (QED) is 0.385. The van der Waals surface area contributed by atoms with E-state index in [1.165, 1.54) is 0 Å². The average molecular weight is 442 g/mol. The predicted molar refractivity (Wildman–Crippen MR) is 131 cm³/mol. The van der Waals surface area contributed by atoms with Gasteiger partial charge in [0.25, 0.3) is 0 Å². The fourth-order valence-electron chi connectivity index (χ4n) is 4.67. The zero-order valence-electron chi connectivity index (χ0n) is 19.3. The van der Waals surface area contributed by atoms with Crippen molar-refractivity contribution in [3.05, 3.63) is 108 Å². The van der Waals surface area contributed by atoms with E-state index in [1.807, 2.05) is 66.7 Å². The van der Waals surface area contributed by atoms with Crippen molar-refractivity contribution < 1.29 is 14.6 Å². The SMILES string of the molecule is CC(C)(O)C1(C(=O)OCc2ccccc2)CC[C@@H](N=C(c2ccccc2)c2ccccc2)C1. The number of carbonyl (C=O) groups is 1. The number of carbonyl (C=O) groups excluding carboxylic acids is 1. The molecule has 0 radical (unpaired) electrons. The highest BCUT2D eigenvalue weighted by molar-refractivity contribution is 6.13. The Morgan fingerprint density at radius 3 is 1.97 bits per heavy atom. The molecule has 0 aromatic heterocycles. The van der Waals surface area contributed by atoms with Gasteiger partial charge in [0.1, 0.15) is 6.61 Å². The zero-order valence-corrected chi connectivity index (χ0v) is 19.3. The lowest BCUT2D eigenvalue weighted by Gasteiger charge is -2.38. The number of nitrogens with zero attached hydrogens (tertiary/aromatic N) is 1. The Labute approximate surface area is 196 Å². The van der Waals surface area contributed by atoms with E-state index in [4.69, 9.17) is 9.73 Å². The van der Waals surface area contributed by atoms with Gasteiger partial charge in [-0.05, 0) is 38.7 Å². The van der Waals surface area contributed by atoms with Gasteiger partial charge in [-0.15, -0.1) is 0 Å². The maximum Gasteiger partial charge on any atom is 0.315 e. The molecule has 33 heavy (non-hydrogen) atoms. The molecule has 1 fully saturated rings. The molecule has 1 N–H and O–H groups in total. The van der Waals surface area contributed by atoms with Crippen molar-refractivity contribution in [2.24, 2.45) is 10.4 Å². The third-order valence-electron chi connectivity index (χ3n) is 6.67. The second-order valence-electron chi connectivity index (χ2n) is 9.31. The standard InChI is InChI=1S/C29H31NO3/c1-28(2,32)29(27(31)33-21-22-12-6-3-7-13-22)19-18-25(20-29)30-26(23-14-8-4-9-15-23)24-16-10-5-11-17-24/h3-17,25,32H,18-21H2,1-2H3/t25-,29?/m1/s1. The topological polar surface area (TPSA) is 58.9 Å². The minimum atomic E-state index is -1.22. The fraction of sp³-hybridized carbons (Fsp3) is 0.310. The summed E-state index contributed by atoms with van der Waals surface area (Å²) in [5.41, 5.74) is 1.71. The van der Waals surface area contributed by atoms with Crippen LogP contribution in [0.2, 0.25) is 0 Å². The lowest BCUT2D eigenvalue weighted by atomic mass is 9.72. The van der Waals surface area contributed by atoms with Gasteiger partial charge in [0.15, 0.2) is 0 Å². The third-order valence-corrected chi connectivity index (χ3v) is 6.67. The van der Waals surface area contributed by atoms with E-state index in [-0.39, 0.29) is 18.6 Å². The van der Waals surface area contributed by atoms with E-state index in [2.05, 4.69) is 24.3 Å². The minimum Gasteiger partial charge on any atom is -0.460 e. The van der Waals surface area contributed by atoms with Crippen molar-refractivity contribution in [3.63, 3.8) is 0 Å². The molecule has 0 spiro atoms. The first-order chi connectivity index (χ1) is 15.9. The number of hydrogen-bond acceptors (Lipinski definition) is 4. The Hall–Kier alpha value is -3.24. The van der Waals surface area contributed by atoms with Crippen LogP contribution in [0.25, 0.3) is 0 Å². The van der Waals surface area contributed by atoms with Gasteiger partial charge in [-0.1, -0.05) is 91.0 Å². The van der Waals surface area contributed by atoms with Crippen LogP contribution in [0.5, 0.6) is 0 Å². The van der Waals surface area contributed by atoms with Crippen molar-refractivity contribution in [2.45, 2.75) is 51.4 Å². The van der Waals surface area contributed by atoms with Gasteiger partial charge in [-0.3, -0.25) is 9.79 Å². The molecule has 0 saturated heterocycles. The number of esters is 1. The lowest BCUT2D eigenvalue weighted by Crippen LogP contribution is -2.49. The summed E-state index contributed by atoms with van der Waals surface area (Å²) < 4.78 is 5.72. The summed E-state index contributed by atoms with van der Waals surface area (Å²) in [6.07, 6.45) is 1.70. The van der Waals surface area contributed by atoms with Crippen LogP contribution in [-0.2, 0) is 16.1 Å². The highest BCUT2D eigenvalue weighted by atomic mass is 16.5. The monoisotopic (exact) mass is 441 g/mol. The third kappa shape index (κ3) is 5.07. The van der Waals surface area contributed by atoms with Crippen molar-refractivity contribution >= 4 is 11.7 Å². The maximum absolute atomic E-state index is 13.3. The van der Waals surface area contributed by atoms with Crippen LogP contribution in [-0.4, -0.2) is 28.4 Å². The number of hydrogen-bond donors (Lipinski definition) is 1. The van der Waals surface area contributed by atoms with Gasteiger partial charge in [0.05, 0.1) is 22.8 Å². The highest BCUT2D eigenvalue weighted by Crippen LogP contribution is 2.49. The molecule has 1 saturated carbocycles. The van der Waals surface area contributed by atoms with E-state index >= 15 is 0 Å². The predicted octanol–water partition coefficient (Wildman–Crippen LogP) is 5.58. The fourth-order valence-corrected chi connectivity index (χ4v) is 4.67. The maximum atomic E-state index is 13.3. The van der Waals surface area contributed by atoms with E-state index in [1.54, 1.807) is 13.8 Å². The van der Waals surface area contributed by atoms with Gasteiger partial charge in [0, 0.05) is 11.1 Å². The first-order valence-electron chi connectivity index (χ1n) is 11.5. The molecule has 4 rings (SSSR count). The Balaban J connectivity index is 1.60. The largest absolute Gasteiger partial charge is 0.460 e. The number of aliphatic imine (C=N–C) groups is 1. The van der Waals surface area contributed by atoms with Crippen LogP contribution in [0.4, 0.5) is 0 Å². The number of ether oxygens (including phenoxy) is 1. The summed E-state index contributed by atoms with van der Waals surface area (Å²) in [7, 11) is 0. The summed E-state index contributed by atoms with van der Waals surface area (Å²) in [5.74, 6) is -0.350. The van der Waals surface area contributed by atoms with E-state index in [0.717, 1.165) is 22.4 Å². The van der Waals surface area contributed by atoms with E-state index in [9.17, 15) is 9.90 Å². The van der Waals surface area contributed by atoms with Gasteiger partial charge in [-0.25, -0.2) is 0 Å². The second-order valence-corrected chi connectivity index (χ2v) is 9.31. The van der Waals surface area contributed by atoms with Gasteiger partial charge in [0.2, 0.25) is 0 Å². The molecule has 2 atom stereocenters. The molecule has 4 nitrogen and oxygen atoms in total. The van der Waals surface area contributed by atoms with Crippen LogP contribution in [0, 0.1) is 5.41 Å². The number of rotatable bonds is 7. The molecule has 1 aliphatic rings. The zero-order chi connectivity index (χ0) is 23.3. The van der Waals surface area contributed by atoms with Crippen molar-refractivity contribution in [1.82, 2.24) is 0 Å². The summed E-state index contributed by atoms with van der Waals surface area (Å²) >= 11 is 0. The van der Waals surface area contributed by atoms with Crippen LogP contribution in [0.3, 0.4) is 0 Å². The van der Waals surface area contributed by atoms with E-state index < -0.39 is 11.0 Å². The second kappa shape index (κ2) is 9.72. The molecule has 1 unspecified atom stereocenters. The van der Waals surface area contributed by atoms with Gasteiger partial charge < -0.3 is 9.84 Å². The first kappa shape index (κ1) is 22.9. The molecule has 0 heterocycles. The molecular weight excluding hydrogens is 410 g/mol. The molecule has 4 heteroatoms. The van der Waals surface area contributed by atoms with Crippen LogP contribution in [0.1, 0.15) is 49.8 Å². The summed E-state index contributed by atoms with van der Waals surface area (Å²) in [6, 6.07) is 29.8. The first-order valence-corrected chi connectivity index (χ1v) is 11.5. The molecule has 3 aromatic carbocycles. The highest BCUT2D eigenvalue weighted by Gasteiger charge is 2.56. The number of aliphatic hydroxyl groups is 1. The van der Waals surface area contributed by atoms with Gasteiger partial charge >= 0.3 is 5.97 Å². The summed E-state index contributed by atoms with van der Waals surface area (Å²) in [6.45, 7) is 3.61. The normalized spacial score (nSPS) is 20.3. The van der Waals surface area contributed by atoms with Crippen LogP contribution in [0.15, 0.2) is 96.0 Å². The molecular formula is C29H31NO3. The lowest BCUT2D eigenvalue weighted by molar-refractivity contribution is -0.173. The minimum absolute atomic E-state index is 0.0869. The molecule has 170 valence electrons. The van der Waals surface area contributed by atoms with Crippen molar-refractivity contribution in [2.75, 3.05) is 0 Å². The number of benzene rings is 3. The Bertz CT molecular complexity index is 1050. The smallest absolute Gasteiger partial charge is 0.315 e. The molecule has 1 aliphatic carbocycles. The van der Waals surface area contributed by atoms with Crippen molar-refractivity contribution in [1.29, 1.82) is 0 Å². The summed E-state index contributed by atoms with van der Waals surface area (Å²) in [5, 5.41) is 11.1. The van der Waals surface area contributed by atoms with Gasteiger partial charge in [-0.2, -0.15) is 0 Å². The van der Waals surface area contributed by atoms with Crippen LogP contribution < -0.4 is 0 Å². The molecule has 0 amide bonds. The van der Waals surface area contributed by atoms with Crippen molar-refractivity contribution in [3.8, 4) is 0 Å².